The van der Waals surface area contributed by atoms with Crippen molar-refractivity contribution in [3.8, 4) is 5.75 Å². The third-order valence-electron chi connectivity index (χ3n) is 8.69. The molecule has 0 heterocycles. The molecule has 48 heavy (non-hydrogen) atoms. The first kappa shape index (κ1) is 35.0. The number of sulfonamides is 1. The van der Waals surface area contributed by atoms with Crippen LogP contribution in [-0.4, -0.2) is 50.4 Å². The first-order valence-corrected chi connectivity index (χ1v) is 18.2. The molecular formula is C38H42ClN3O5S. The van der Waals surface area contributed by atoms with Crippen molar-refractivity contribution in [1.82, 2.24) is 10.2 Å². The van der Waals surface area contributed by atoms with Crippen molar-refractivity contribution >= 4 is 39.1 Å². The third-order valence-corrected chi connectivity index (χ3v) is 10.7. The van der Waals surface area contributed by atoms with E-state index in [-0.39, 0.29) is 35.5 Å². The number of benzene rings is 4. The Morgan fingerprint density at radius 3 is 2.19 bits per heavy atom. The molecule has 252 valence electrons. The number of hydrogen-bond acceptors (Lipinski definition) is 5. The average Bonchev–Trinajstić information content (AvgIpc) is 3.60. The maximum Gasteiger partial charge on any atom is 0.264 e. The normalized spacial score (nSPS) is 13.9. The van der Waals surface area contributed by atoms with Crippen LogP contribution in [0.4, 0.5) is 5.69 Å². The maximum absolute atomic E-state index is 14.7. The number of hydrogen-bond donors (Lipinski definition) is 1. The molecule has 5 rings (SSSR count). The Labute approximate surface area is 288 Å². The molecular weight excluding hydrogens is 646 g/mol. The minimum absolute atomic E-state index is 0.0150. The summed E-state index contributed by atoms with van der Waals surface area (Å²) in [6, 6.07) is 28.9. The molecule has 1 unspecified atom stereocenters. The lowest BCUT2D eigenvalue weighted by atomic mass is 10.0. The standard InChI is InChI=1S/C38H42ClN3O5S/c1-3-47-34-21-19-33(20-22-34)42(48(45,46)35-23-17-31(39)18-24-35)27-37(43)41(26-30-14-8-7-11-28(30)2)36(25-29-12-5-4-6-13-29)38(44)40-32-15-9-10-16-32/h4-8,11-14,17-24,32,36H,3,9-10,15-16,25-27H2,1-2H3,(H,40,44). The number of nitrogens with zero attached hydrogens (tertiary/aromatic N) is 2. The Bertz CT molecular complexity index is 1780. The van der Waals surface area contributed by atoms with Crippen LogP contribution in [0.1, 0.15) is 49.3 Å². The van der Waals surface area contributed by atoms with Gasteiger partial charge in [-0.15, -0.1) is 0 Å². The summed E-state index contributed by atoms with van der Waals surface area (Å²) in [5.74, 6) is -0.183. The predicted octanol–water partition coefficient (Wildman–Crippen LogP) is 6.94. The first-order chi connectivity index (χ1) is 23.2. The number of aryl methyl sites for hydroxylation is 1. The summed E-state index contributed by atoms with van der Waals surface area (Å²) in [5.41, 5.74) is 3.00. The SMILES string of the molecule is CCOc1ccc(N(CC(=O)N(Cc2ccccc2C)C(Cc2ccccc2)C(=O)NC2CCCC2)S(=O)(=O)c2ccc(Cl)cc2)cc1. The van der Waals surface area contributed by atoms with Gasteiger partial charge in [0.1, 0.15) is 18.3 Å². The fourth-order valence-electron chi connectivity index (χ4n) is 6.03. The molecule has 0 spiro atoms. The van der Waals surface area contributed by atoms with Crippen molar-refractivity contribution in [3.05, 3.63) is 125 Å². The summed E-state index contributed by atoms with van der Waals surface area (Å²) in [4.78, 5) is 30.4. The van der Waals surface area contributed by atoms with Crippen LogP contribution in [0.15, 0.2) is 108 Å². The summed E-state index contributed by atoms with van der Waals surface area (Å²) in [6.45, 7) is 3.86. The van der Waals surface area contributed by atoms with Gasteiger partial charge in [-0.3, -0.25) is 13.9 Å². The molecule has 1 aliphatic carbocycles. The van der Waals surface area contributed by atoms with Gasteiger partial charge in [-0.1, -0.05) is 79.0 Å². The zero-order valence-electron chi connectivity index (χ0n) is 27.3. The third kappa shape index (κ3) is 8.76. The Morgan fingerprint density at radius 1 is 0.896 bits per heavy atom. The number of amides is 2. The lowest BCUT2D eigenvalue weighted by Gasteiger charge is -2.34. The molecule has 2 amide bonds. The van der Waals surface area contributed by atoms with Gasteiger partial charge in [0.05, 0.1) is 17.2 Å². The highest BCUT2D eigenvalue weighted by molar-refractivity contribution is 7.92. The molecule has 10 heteroatoms. The lowest BCUT2D eigenvalue weighted by molar-refractivity contribution is -0.140. The van der Waals surface area contributed by atoms with E-state index in [0.717, 1.165) is 46.7 Å². The quantitative estimate of drug-likeness (QED) is 0.155. The van der Waals surface area contributed by atoms with E-state index in [1.54, 1.807) is 29.2 Å². The van der Waals surface area contributed by atoms with Gasteiger partial charge in [0, 0.05) is 24.0 Å². The molecule has 4 aromatic rings. The Balaban J connectivity index is 1.57. The average molecular weight is 688 g/mol. The number of anilines is 1. The smallest absolute Gasteiger partial charge is 0.264 e. The van der Waals surface area contributed by atoms with E-state index in [2.05, 4.69) is 5.32 Å². The fraction of sp³-hybridized carbons (Fsp3) is 0.316. The molecule has 0 radical (unpaired) electrons. The topological polar surface area (TPSA) is 96.0 Å². The van der Waals surface area contributed by atoms with Gasteiger partial charge in [0.2, 0.25) is 11.8 Å². The van der Waals surface area contributed by atoms with Gasteiger partial charge in [-0.25, -0.2) is 8.42 Å². The number of carbonyl (C=O) groups is 2. The van der Waals surface area contributed by atoms with E-state index in [9.17, 15) is 18.0 Å². The minimum atomic E-state index is -4.24. The minimum Gasteiger partial charge on any atom is -0.494 e. The van der Waals surface area contributed by atoms with Crippen LogP contribution in [0.25, 0.3) is 0 Å². The number of halogens is 1. The van der Waals surface area contributed by atoms with Crippen LogP contribution >= 0.6 is 11.6 Å². The van der Waals surface area contributed by atoms with E-state index in [4.69, 9.17) is 16.3 Å². The van der Waals surface area contributed by atoms with Crippen LogP contribution in [-0.2, 0) is 32.6 Å². The largest absolute Gasteiger partial charge is 0.494 e. The van der Waals surface area contributed by atoms with Crippen molar-refractivity contribution in [2.45, 2.75) is 69.5 Å². The van der Waals surface area contributed by atoms with Crippen molar-refractivity contribution in [3.63, 3.8) is 0 Å². The molecule has 0 aromatic heterocycles. The molecule has 1 atom stereocenters. The van der Waals surface area contributed by atoms with E-state index < -0.39 is 28.5 Å². The molecule has 0 aliphatic heterocycles. The van der Waals surface area contributed by atoms with Gasteiger partial charge >= 0.3 is 0 Å². The van der Waals surface area contributed by atoms with Gasteiger partial charge < -0.3 is 15.0 Å². The Kier molecular flexibility index (Phi) is 11.8. The summed E-state index contributed by atoms with van der Waals surface area (Å²) < 4.78 is 35.2. The summed E-state index contributed by atoms with van der Waals surface area (Å²) in [7, 11) is -4.24. The van der Waals surface area contributed by atoms with Crippen LogP contribution in [0.5, 0.6) is 5.75 Å². The van der Waals surface area contributed by atoms with E-state index in [1.807, 2.05) is 68.4 Å². The molecule has 0 bridgehead atoms. The summed E-state index contributed by atoms with van der Waals surface area (Å²) in [5, 5.41) is 3.60. The summed E-state index contributed by atoms with van der Waals surface area (Å²) >= 11 is 6.09. The molecule has 1 fully saturated rings. The highest BCUT2D eigenvalue weighted by atomic mass is 35.5. The zero-order valence-corrected chi connectivity index (χ0v) is 28.9. The van der Waals surface area contributed by atoms with E-state index >= 15 is 0 Å². The van der Waals surface area contributed by atoms with Crippen LogP contribution < -0.4 is 14.4 Å². The van der Waals surface area contributed by atoms with Gasteiger partial charge in [0.15, 0.2) is 0 Å². The van der Waals surface area contributed by atoms with E-state index in [0.29, 0.717) is 17.4 Å². The molecule has 1 saturated carbocycles. The number of rotatable bonds is 14. The zero-order chi connectivity index (χ0) is 34.1. The van der Waals surface area contributed by atoms with Gasteiger partial charge in [0.25, 0.3) is 10.0 Å². The van der Waals surface area contributed by atoms with E-state index in [1.165, 1.54) is 24.3 Å². The molecule has 4 aromatic carbocycles. The molecule has 8 nitrogen and oxygen atoms in total. The Hall–Kier alpha value is -4.34. The second-order valence-corrected chi connectivity index (χ2v) is 14.3. The van der Waals surface area contributed by atoms with Crippen LogP contribution in [0.3, 0.4) is 0 Å². The molecule has 1 N–H and O–H groups in total. The van der Waals surface area contributed by atoms with Crippen LogP contribution in [0.2, 0.25) is 5.02 Å². The Morgan fingerprint density at radius 2 is 1.54 bits per heavy atom. The fourth-order valence-corrected chi connectivity index (χ4v) is 7.57. The van der Waals surface area contributed by atoms with Crippen LogP contribution in [0, 0.1) is 6.92 Å². The van der Waals surface area contributed by atoms with Crippen molar-refractivity contribution in [1.29, 1.82) is 0 Å². The maximum atomic E-state index is 14.7. The second-order valence-electron chi connectivity index (χ2n) is 12.0. The molecule has 0 saturated heterocycles. The highest BCUT2D eigenvalue weighted by Gasteiger charge is 2.35. The van der Waals surface area contributed by atoms with Crippen molar-refractivity contribution in [2.24, 2.45) is 0 Å². The monoisotopic (exact) mass is 687 g/mol. The summed E-state index contributed by atoms with van der Waals surface area (Å²) in [6.07, 6.45) is 4.13. The van der Waals surface area contributed by atoms with Crippen molar-refractivity contribution in [2.75, 3.05) is 17.5 Å². The lowest BCUT2D eigenvalue weighted by Crippen LogP contribution is -2.54. The number of nitrogens with one attached hydrogen (secondary N) is 1. The van der Waals surface area contributed by atoms with Crippen molar-refractivity contribution < 1.29 is 22.7 Å². The number of ether oxygens (including phenoxy) is 1. The van der Waals surface area contributed by atoms with Gasteiger partial charge in [-0.2, -0.15) is 0 Å². The molecule has 1 aliphatic rings. The predicted molar refractivity (Wildman–Crippen MR) is 190 cm³/mol. The highest BCUT2D eigenvalue weighted by Crippen LogP contribution is 2.28. The van der Waals surface area contributed by atoms with Gasteiger partial charge in [-0.05, 0) is 91.9 Å². The first-order valence-electron chi connectivity index (χ1n) is 16.3. The number of carbonyl (C=O) groups excluding carboxylic acids is 2. The second kappa shape index (κ2) is 16.2.